The van der Waals surface area contributed by atoms with Crippen LogP contribution in [0.5, 0.6) is 0 Å². The van der Waals surface area contributed by atoms with Crippen molar-refractivity contribution in [2.24, 2.45) is 7.05 Å². The molecule has 1 saturated carbocycles. The van der Waals surface area contributed by atoms with Gasteiger partial charge in [-0.15, -0.1) is 6.07 Å². The van der Waals surface area contributed by atoms with Gasteiger partial charge in [-0.05, 0) is 29.2 Å². The van der Waals surface area contributed by atoms with Crippen LogP contribution in [-0.4, -0.2) is 24.4 Å². The summed E-state index contributed by atoms with van der Waals surface area (Å²) in [5, 5.41) is 8.22. The number of aryl methyl sites for hydroxylation is 1. The second kappa shape index (κ2) is 8.80. The molecule has 5 nitrogen and oxygen atoms in total. The third kappa shape index (κ3) is 4.48. The van der Waals surface area contributed by atoms with Gasteiger partial charge < -0.3 is 12.4 Å². The topological polar surface area (TPSA) is 48.0 Å². The Morgan fingerprint density at radius 3 is 2.32 bits per heavy atom. The number of fused-ring (bicyclic) bond motifs is 1. The first-order valence-corrected chi connectivity index (χ1v) is 7.04. The van der Waals surface area contributed by atoms with E-state index in [4.69, 9.17) is 0 Å². The van der Waals surface area contributed by atoms with Gasteiger partial charge >= 0.3 is 19.8 Å². The van der Waals surface area contributed by atoms with Gasteiger partial charge in [-0.3, -0.25) is 9.20 Å². The van der Waals surface area contributed by atoms with Gasteiger partial charge in [0.25, 0.3) is 0 Å². The Hall–Kier alpha value is -1.53. The predicted octanol–water partition coefficient (Wildman–Crippen LogP) is 3.33. The van der Waals surface area contributed by atoms with Crippen molar-refractivity contribution < 1.29 is 19.8 Å². The van der Waals surface area contributed by atoms with Crippen LogP contribution in [0.3, 0.4) is 0 Å². The zero-order chi connectivity index (χ0) is 13.8. The van der Waals surface area contributed by atoms with Gasteiger partial charge in [0, 0.05) is 19.4 Å². The molecule has 22 heavy (non-hydrogen) atoms. The van der Waals surface area contributed by atoms with E-state index >= 15 is 0 Å². The molecule has 3 aromatic heterocycles. The summed E-state index contributed by atoms with van der Waals surface area (Å²) in [4.78, 5) is 4.22. The van der Waals surface area contributed by atoms with Crippen molar-refractivity contribution in [2.75, 3.05) is 0 Å². The van der Waals surface area contributed by atoms with E-state index in [0.717, 1.165) is 16.8 Å². The largest absolute Gasteiger partial charge is 2.00 e. The standard InChI is InChI=1S/C10H8N5.C5H10.CH3.Os/c1-14-6-8(4-13-14)10-7-15-9(5-11-10)2-3-12-15;1-2-4-5-3-1;;/h2-4,6-7H,1H3;1-5H2;1H3;/q-1;;-1;+2. The fraction of sp³-hybridized carbons (Fsp3) is 0.375. The van der Waals surface area contributed by atoms with Crippen LogP contribution >= 0.6 is 0 Å². The molecule has 4 rings (SSSR count). The van der Waals surface area contributed by atoms with E-state index in [1.807, 2.05) is 25.5 Å². The minimum atomic E-state index is 0. The predicted molar refractivity (Wildman–Crippen MR) is 83.5 cm³/mol. The summed E-state index contributed by atoms with van der Waals surface area (Å²) in [5.41, 5.74) is 2.65. The van der Waals surface area contributed by atoms with E-state index in [1.165, 1.54) is 32.1 Å². The first kappa shape index (κ1) is 18.5. The molecule has 0 radical (unpaired) electrons. The van der Waals surface area contributed by atoms with E-state index in [1.54, 1.807) is 21.6 Å². The van der Waals surface area contributed by atoms with Crippen LogP contribution in [0.25, 0.3) is 16.8 Å². The molecule has 0 atom stereocenters. The molecule has 118 valence electrons. The smallest absolute Gasteiger partial charge is 0.381 e. The Morgan fingerprint density at radius 2 is 1.73 bits per heavy atom. The fourth-order valence-corrected chi connectivity index (χ4v) is 2.34. The molecule has 1 aliphatic rings. The first-order valence-electron chi connectivity index (χ1n) is 7.04. The molecule has 3 aromatic rings. The van der Waals surface area contributed by atoms with Crippen LogP contribution in [-0.2, 0) is 26.8 Å². The van der Waals surface area contributed by atoms with E-state index < -0.39 is 0 Å². The number of hydrogen-bond donors (Lipinski definition) is 0. The maximum absolute atomic E-state index is 4.22. The molecule has 6 heteroatoms. The molecular formula is C16H21N5Os. The van der Waals surface area contributed by atoms with Gasteiger partial charge in [-0.2, -0.15) is 10.2 Å². The molecule has 0 unspecified atom stereocenters. The first-order chi connectivity index (χ1) is 9.83. The Kier molecular flexibility index (Phi) is 7.41. The van der Waals surface area contributed by atoms with Crippen LogP contribution in [0.4, 0.5) is 0 Å². The van der Waals surface area contributed by atoms with Crippen molar-refractivity contribution >= 4 is 5.52 Å². The molecule has 0 aliphatic heterocycles. The normalized spacial score (nSPS) is 13.0. The molecular weight excluding hydrogens is 452 g/mol. The summed E-state index contributed by atoms with van der Waals surface area (Å²) in [6.45, 7) is 0. The number of aromatic nitrogens is 5. The zero-order valence-corrected chi connectivity index (χ0v) is 15.6. The second-order valence-electron chi connectivity index (χ2n) is 5.07. The van der Waals surface area contributed by atoms with E-state index in [2.05, 4.69) is 21.4 Å². The molecule has 1 aliphatic carbocycles. The molecule has 0 N–H and O–H groups in total. The van der Waals surface area contributed by atoms with Crippen molar-refractivity contribution in [3.63, 3.8) is 0 Å². The molecule has 3 heterocycles. The monoisotopic (exact) mass is 475 g/mol. The average Bonchev–Trinajstić information content (AvgIpc) is 3.21. The van der Waals surface area contributed by atoms with Crippen LogP contribution < -0.4 is 0 Å². The summed E-state index contributed by atoms with van der Waals surface area (Å²) < 4.78 is 3.49. The van der Waals surface area contributed by atoms with E-state index in [-0.39, 0.29) is 27.2 Å². The molecule has 0 bridgehead atoms. The summed E-state index contributed by atoms with van der Waals surface area (Å²) in [7, 11) is 1.87. The van der Waals surface area contributed by atoms with Gasteiger partial charge in [0.2, 0.25) is 0 Å². The van der Waals surface area contributed by atoms with Crippen LogP contribution in [0.1, 0.15) is 32.1 Å². The maximum Gasteiger partial charge on any atom is 2.00 e. The van der Waals surface area contributed by atoms with Crippen molar-refractivity contribution in [2.45, 2.75) is 32.1 Å². The maximum atomic E-state index is 4.22. The summed E-state index contributed by atoms with van der Waals surface area (Å²) in [5.74, 6) is 0. The Morgan fingerprint density at radius 1 is 1.05 bits per heavy atom. The Balaban J connectivity index is 0.000000299. The molecule has 0 aromatic carbocycles. The number of nitrogens with zero attached hydrogens (tertiary/aromatic N) is 5. The van der Waals surface area contributed by atoms with Crippen molar-refractivity contribution in [3.05, 3.63) is 44.5 Å². The minimum absolute atomic E-state index is 0. The van der Waals surface area contributed by atoms with Gasteiger partial charge in [0.1, 0.15) is 0 Å². The van der Waals surface area contributed by atoms with Crippen LogP contribution in [0.2, 0.25) is 0 Å². The van der Waals surface area contributed by atoms with Gasteiger partial charge in [0.05, 0.1) is 0 Å². The Bertz CT molecular complexity index is 677. The number of rotatable bonds is 1. The van der Waals surface area contributed by atoms with Crippen molar-refractivity contribution in [3.8, 4) is 11.3 Å². The summed E-state index contributed by atoms with van der Waals surface area (Å²) >= 11 is 0. The number of hydrogen-bond acceptors (Lipinski definition) is 3. The molecule has 1 fully saturated rings. The van der Waals surface area contributed by atoms with E-state index in [9.17, 15) is 0 Å². The quantitative estimate of drug-likeness (QED) is 0.510. The van der Waals surface area contributed by atoms with Gasteiger partial charge in [-0.25, -0.2) is 0 Å². The van der Waals surface area contributed by atoms with Crippen LogP contribution in [0.15, 0.2) is 30.9 Å². The minimum Gasteiger partial charge on any atom is -0.381 e. The average molecular weight is 474 g/mol. The fourth-order valence-electron chi connectivity index (χ4n) is 2.34. The SMILES string of the molecule is C1CCCC1.Cn1cc(-c2cn3nccc3[c-]n2)cn1.[CH3-].[Os+2]. The molecule has 0 amide bonds. The van der Waals surface area contributed by atoms with Crippen LogP contribution in [0, 0.1) is 13.6 Å². The summed E-state index contributed by atoms with van der Waals surface area (Å²) in [6.07, 6.45) is 17.7. The van der Waals surface area contributed by atoms with E-state index in [0.29, 0.717) is 0 Å². The second-order valence-corrected chi connectivity index (χ2v) is 5.07. The third-order valence-electron chi connectivity index (χ3n) is 3.46. The van der Waals surface area contributed by atoms with Gasteiger partial charge in [0.15, 0.2) is 0 Å². The Labute approximate surface area is 144 Å². The third-order valence-corrected chi connectivity index (χ3v) is 3.46. The van der Waals surface area contributed by atoms with Crippen molar-refractivity contribution in [1.82, 2.24) is 24.4 Å². The zero-order valence-electron chi connectivity index (χ0n) is 13.0. The molecule has 0 spiro atoms. The van der Waals surface area contributed by atoms with Crippen molar-refractivity contribution in [1.29, 1.82) is 0 Å². The summed E-state index contributed by atoms with van der Waals surface area (Å²) in [6, 6.07) is 1.86. The molecule has 0 saturated heterocycles. The van der Waals surface area contributed by atoms with Gasteiger partial charge in [-0.1, -0.05) is 38.3 Å².